The lowest BCUT2D eigenvalue weighted by Gasteiger charge is -2.22. The number of imide groups is 1. The molecular weight excluding hydrogens is 226 g/mol. The van der Waals surface area contributed by atoms with Gasteiger partial charge in [-0.1, -0.05) is 13.8 Å². The first-order valence-electron chi connectivity index (χ1n) is 5.43. The van der Waals surface area contributed by atoms with Crippen LogP contribution in [-0.4, -0.2) is 47.5 Å². The zero-order valence-electron chi connectivity index (χ0n) is 9.97. The van der Waals surface area contributed by atoms with E-state index in [1.54, 1.807) is 0 Å². The molecule has 0 spiro atoms. The van der Waals surface area contributed by atoms with E-state index in [2.05, 4.69) is 0 Å². The summed E-state index contributed by atoms with van der Waals surface area (Å²) in [5.74, 6) is -2.27. The summed E-state index contributed by atoms with van der Waals surface area (Å²) < 4.78 is 4.73. The Hall–Kier alpha value is -1.43. The summed E-state index contributed by atoms with van der Waals surface area (Å²) >= 11 is 0. The molecule has 0 bridgehead atoms. The summed E-state index contributed by atoms with van der Waals surface area (Å²) in [7, 11) is 1.24. The van der Waals surface area contributed by atoms with E-state index in [4.69, 9.17) is 9.84 Å². The smallest absolute Gasteiger partial charge is 0.334 e. The molecule has 6 nitrogen and oxygen atoms in total. The molecule has 0 aromatic rings. The van der Waals surface area contributed by atoms with Crippen molar-refractivity contribution < 1.29 is 24.2 Å². The molecule has 3 atom stereocenters. The number of methoxy groups -OCH3 is 1. The van der Waals surface area contributed by atoms with Crippen molar-refractivity contribution in [3.63, 3.8) is 0 Å². The number of hydrogen-bond acceptors (Lipinski definition) is 4. The van der Waals surface area contributed by atoms with Gasteiger partial charge in [0, 0.05) is 7.11 Å². The third kappa shape index (κ3) is 1.55. The molecule has 1 N–H and O–H groups in total. The molecule has 1 saturated carbocycles. The maximum absolute atomic E-state index is 11.9. The molecule has 2 rings (SSSR count). The van der Waals surface area contributed by atoms with Crippen molar-refractivity contribution >= 4 is 17.8 Å². The molecule has 1 aliphatic heterocycles. The van der Waals surface area contributed by atoms with Crippen LogP contribution in [0.1, 0.15) is 13.8 Å². The number of carboxylic acid groups (broad SMARTS) is 1. The van der Waals surface area contributed by atoms with Crippen LogP contribution in [0.25, 0.3) is 0 Å². The van der Waals surface area contributed by atoms with Crippen molar-refractivity contribution in [2.75, 3.05) is 13.7 Å². The van der Waals surface area contributed by atoms with Gasteiger partial charge in [0.1, 0.15) is 0 Å². The second kappa shape index (κ2) is 3.53. The van der Waals surface area contributed by atoms with Crippen molar-refractivity contribution in [3.05, 3.63) is 0 Å². The maximum atomic E-state index is 11.9. The number of hydrogen-bond donors (Lipinski definition) is 1. The number of ether oxygens (including phenoxy) is 1. The first kappa shape index (κ1) is 12.0. The molecule has 0 aromatic heterocycles. The molecule has 94 valence electrons. The number of amides is 2. The average Bonchev–Trinajstić information content (AvgIpc) is 2.69. The lowest BCUT2D eigenvalue weighted by atomic mass is 10.1. The van der Waals surface area contributed by atoms with Crippen molar-refractivity contribution in [2.24, 2.45) is 17.3 Å². The molecule has 17 heavy (non-hydrogen) atoms. The largest absolute Gasteiger partial charge is 0.479 e. The highest BCUT2D eigenvalue weighted by Gasteiger charge is 2.72. The van der Waals surface area contributed by atoms with Gasteiger partial charge >= 0.3 is 5.97 Å². The lowest BCUT2D eigenvalue weighted by molar-refractivity contribution is -0.153. The minimum absolute atomic E-state index is 0.202. The maximum Gasteiger partial charge on any atom is 0.334 e. The highest BCUT2D eigenvalue weighted by molar-refractivity contribution is 6.10. The van der Waals surface area contributed by atoms with Crippen LogP contribution in [0.15, 0.2) is 0 Å². The van der Waals surface area contributed by atoms with Crippen LogP contribution in [0.2, 0.25) is 0 Å². The quantitative estimate of drug-likeness (QED) is 0.685. The Kier molecular flexibility index (Phi) is 2.50. The average molecular weight is 241 g/mol. The molecule has 6 heteroatoms. The second-order valence-electron chi connectivity index (χ2n) is 5.13. The fourth-order valence-electron chi connectivity index (χ4n) is 2.60. The van der Waals surface area contributed by atoms with E-state index >= 15 is 0 Å². The molecule has 0 radical (unpaired) electrons. The van der Waals surface area contributed by atoms with Crippen molar-refractivity contribution in [1.29, 1.82) is 0 Å². The van der Waals surface area contributed by atoms with Gasteiger partial charge in [-0.3, -0.25) is 14.5 Å². The van der Waals surface area contributed by atoms with Crippen molar-refractivity contribution in [2.45, 2.75) is 20.0 Å². The summed E-state index contributed by atoms with van der Waals surface area (Å²) in [6, 6.07) is 0. The highest BCUT2D eigenvalue weighted by atomic mass is 16.5. The van der Waals surface area contributed by atoms with E-state index in [0.717, 1.165) is 4.90 Å². The molecule has 2 fully saturated rings. The van der Waals surface area contributed by atoms with Gasteiger partial charge in [0.15, 0.2) is 6.10 Å². The van der Waals surface area contributed by atoms with Crippen LogP contribution < -0.4 is 0 Å². The lowest BCUT2D eigenvalue weighted by Crippen LogP contribution is -2.44. The summed E-state index contributed by atoms with van der Waals surface area (Å²) in [5.41, 5.74) is -0.267. The number of nitrogens with zero attached hydrogens (tertiary/aromatic N) is 1. The van der Waals surface area contributed by atoms with E-state index in [1.807, 2.05) is 13.8 Å². The number of rotatable bonds is 4. The van der Waals surface area contributed by atoms with Crippen LogP contribution in [0, 0.1) is 17.3 Å². The van der Waals surface area contributed by atoms with E-state index in [-0.39, 0.29) is 35.6 Å². The Morgan fingerprint density at radius 3 is 2.24 bits per heavy atom. The minimum atomic E-state index is -1.17. The molecule has 2 amide bonds. The fourth-order valence-corrected chi connectivity index (χ4v) is 2.60. The van der Waals surface area contributed by atoms with Crippen LogP contribution in [-0.2, 0) is 19.1 Å². The van der Waals surface area contributed by atoms with Crippen LogP contribution in [0.3, 0.4) is 0 Å². The number of carbonyl (C=O) groups excluding carboxylic acids is 2. The van der Waals surface area contributed by atoms with E-state index < -0.39 is 12.1 Å². The predicted molar refractivity (Wildman–Crippen MR) is 55.9 cm³/mol. The van der Waals surface area contributed by atoms with Crippen molar-refractivity contribution in [3.8, 4) is 0 Å². The molecule has 1 aliphatic carbocycles. The molecule has 2 aliphatic rings. The van der Waals surface area contributed by atoms with E-state index in [1.165, 1.54) is 7.11 Å². The first-order chi connectivity index (χ1) is 7.82. The van der Waals surface area contributed by atoms with Crippen LogP contribution in [0.5, 0.6) is 0 Å². The van der Waals surface area contributed by atoms with Gasteiger partial charge in [0.2, 0.25) is 11.8 Å². The summed E-state index contributed by atoms with van der Waals surface area (Å²) in [5, 5.41) is 8.81. The molecule has 1 heterocycles. The number of aliphatic carboxylic acids is 1. The monoisotopic (exact) mass is 241 g/mol. The summed E-state index contributed by atoms with van der Waals surface area (Å²) in [6.45, 7) is 3.55. The number of fused-ring (bicyclic) bond motifs is 1. The van der Waals surface area contributed by atoms with Gasteiger partial charge in [-0.05, 0) is 5.41 Å². The second-order valence-corrected chi connectivity index (χ2v) is 5.13. The van der Waals surface area contributed by atoms with Crippen molar-refractivity contribution in [1.82, 2.24) is 4.90 Å². The number of carboxylic acids is 1. The Morgan fingerprint density at radius 2 is 1.88 bits per heavy atom. The topological polar surface area (TPSA) is 83.9 Å². The Bertz CT molecular complexity index is 379. The zero-order chi connectivity index (χ0) is 13.0. The number of piperidine rings is 1. The SMILES string of the molecule is COC(CN1C(=O)C2C(C1=O)C2(C)C)C(=O)O. The van der Waals surface area contributed by atoms with Gasteiger partial charge in [0.05, 0.1) is 18.4 Å². The van der Waals surface area contributed by atoms with E-state index in [9.17, 15) is 14.4 Å². The number of carbonyl (C=O) groups is 3. The molecule has 3 unspecified atom stereocenters. The van der Waals surface area contributed by atoms with Gasteiger partial charge in [0.25, 0.3) is 0 Å². The normalized spacial score (nSPS) is 31.4. The van der Waals surface area contributed by atoms with Crippen LogP contribution in [0.4, 0.5) is 0 Å². The third-order valence-corrected chi connectivity index (χ3v) is 3.80. The Morgan fingerprint density at radius 1 is 1.41 bits per heavy atom. The molecule has 0 aromatic carbocycles. The highest BCUT2D eigenvalue weighted by Crippen LogP contribution is 2.63. The van der Waals surface area contributed by atoms with Crippen LogP contribution >= 0.6 is 0 Å². The Balaban J connectivity index is 2.09. The third-order valence-electron chi connectivity index (χ3n) is 3.80. The molecule has 1 saturated heterocycles. The van der Waals surface area contributed by atoms with E-state index in [0.29, 0.717) is 0 Å². The van der Waals surface area contributed by atoms with Gasteiger partial charge < -0.3 is 9.84 Å². The molecular formula is C11H15NO5. The Labute approximate surface area is 98.5 Å². The van der Waals surface area contributed by atoms with Gasteiger partial charge in [-0.15, -0.1) is 0 Å². The first-order valence-corrected chi connectivity index (χ1v) is 5.43. The van der Waals surface area contributed by atoms with Gasteiger partial charge in [-0.25, -0.2) is 4.79 Å². The fraction of sp³-hybridized carbons (Fsp3) is 0.727. The standard InChI is InChI=1S/C11H15NO5/c1-11(2)6-7(11)9(14)12(8(6)13)4-5(17-3)10(15)16/h5-7H,4H2,1-3H3,(H,15,16). The minimum Gasteiger partial charge on any atom is -0.479 e. The number of likely N-dealkylation sites (tertiary alicyclic amines) is 1. The predicted octanol–water partition coefficient (Wildman–Crippen LogP) is -0.273. The zero-order valence-corrected chi connectivity index (χ0v) is 9.97. The van der Waals surface area contributed by atoms with Gasteiger partial charge in [-0.2, -0.15) is 0 Å². The summed E-state index contributed by atoms with van der Waals surface area (Å²) in [4.78, 5) is 35.6. The summed E-state index contributed by atoms with van der Waals surface area (Å²) in [6.07, 6.45) is -1.15.